The molecule has 0 amide bonds. The first kappa shape index (κ1) is 12.6. The van der Waals surface area contributed by atoms with Gasteiger partial charge in [-0.25, -0.2) is 0 Å². The lowest BCUT2D eigenvalue weighted by Crippen LogP contribution is -2.67. The Balaban J connectivity index is 3.01. The van der Waals surface area contributed by atoms with E-state index in [0.717, 1.165) is 7.11 Å². The summed E-state index contributed by atoms with van der Waals surface area (Å²) in [5.41, 5.74) is 0. The van der Waals surface area contributed by atoms with Gasteiger partial charge in [-0.15, -0.1) is 0 Å². The Kier molecular flexibility index (Phi) is 3.24. The fourth-order valence-corrected chi connectivity index (χ4v) is 1.25. The SMILES string of the molecule is CO[C@@H]1O[C@H](CO)[C@H](O)C(F)(F)C1(F)F. The van der Waals surface area contributed by atoms with Crippen LogP contribution in [0.15, 0.2) is 0 Å². The van der Waals surface area contributed by atoms with Crippen molar-refractivity contribution >= 4 is 0 Å². The Morgan fingerprint density at radius 1 is 1.27 bits per heavy atom. The lowest BCUT2D eigenvalue weighted by molar-refractivity contribution is -0.400. The molecule has 4 nitrogen and oxygen atoms in total. The molecule has 0 aromatic rings. The normalized spacial score (nSPS) is 39.0. The molecule has 0 aromatic carbocycles. The second-order valence-electron chi connectivity index (χ2n) is 3.12. The minimum Gasteiger partial charge on any atom is -0.394 e. The minimum atomic E-state index is -4.71. The standard InChI is InChI=1S/C7H10F4O4/c1-14-5-7(10,11)6(8,9)4(13)3(2-12)15-5/h3-5,12-13H,2H2,1H3/t3-,4+,5-/m1/s1. The molecule has 0 spiro atoms. The fraction of sp³-hybridized carbons (Fsp3) is 1.00. The topological polar surface area (TPSA) is 58.9 Å². The van der Waals surface area contributed by atoms with Gasteiger partial charge >= 0.3 is 11.8 Å². The molecule has 0 radical (unpaired) electrons. The summed E-state index contributed by atoms with van der Waals surface area (Å²) >= 11 is 0. The van der Waals surface area contributed by atoms with E-state index in [1.54, 1.807) is 0 Å². The molecular weight excluding hydrogens is 224 g/mol. The van der Waals surface area contributed by atoms with E-state index in [1.165, 1.54) is 0 Å². The zero-order valence-electron chi connectivity index (χ0n) is 7.66. The highest BCUT2D eigenvalue weighted by atomic mass is 19.3. The highest BCUT2D eigenvalue weighted by molar-refractivity contribution is 5.00. The van der Waals surface area contributed by atoms with E-state index < -0.39 is 36.9 Å². The van der Waals surface area contributed by atoms with Crippen LogP contribution in [0.25, 0.3) is 0 Å². The molecule has 1 rings (SSSR count). The first-order valence-electron chi connectivity index (χ1n) is 4.01. The molecule has 0 aromatic heterocycles. The van der Waals surface area contributed by atoms with E-state index in [-0.39, 0.29) is 0 Å². The van der Waals surface area contributed by atoms with Crippen LogP contribution in [0.3, 0.4) is 0 Å². The third-order valence-corrected chi connectivity index (χ3v) is 2.16. The van der Waals surface area contributed by atoms with Crippen molar-refractivity contribution in [3.63, 3.8) is 0 Å². The summed E-state index contributed by atoms with van der Waals surface area (Å²) < 4.78 is 60.2. The van der Waals surface area contributed by atoms with Gasteiger partial charge in [-0.3, -0.25) is 0 Å². The molecular formula is C7H10F4O4. The Morgan fingerprint density at radius 2 is 1.80 bits per heavy atom. The van der Waals surface area contributed by atoms with Gasteiger partial charge in [-0.1, -0.05) is 0 Å². The van der Waals surface area contributed by atoms with Crippen LogP contribution >= 0.6 is 0 Å². The van der Waals surface area contributed by atoms with E-state index in [4.69, 9.17) is 10.2 Å². The highest BCUT2D eigenvalue weighted by Crippen LogP contribution is 2.46. The van der Waals surface area contributed by atoms with Crippen molar-refractivity contribution in [2.75, 3.05) is 13.7 Å². The Hall–Kier alpha value is -0.440. The van der Waals surface area contributed by atoms with Gasteiger partial charge in [0.1, 0.15) is 6.10 Å². The van der Waals surface area contributed by atoms with Crippen LogP contribution in [0.1, 0.15) is 0 Å². The number of hydrogen-bond acceptors (Lipinski definition) is 4. The van der Waals surface area contributed by atoms with Gasteiger partial charge in [0, 0.05) is 7.11 Å². The average molecular weight is 234 g/mol. The molecule has 2 N–H and O–H groups in total. The van der Waals surface area contributed by atoms with Crippen molar-refractivity contribution in [1.82, 2.24) is 0 Å². The summed E-state index contributed by atoms with van der Waals surface area (Å²) in [5.74, 6) is -9.36. The van der Waals surface area contributed by atoms with Crippen LogP contribution in [0.5, 0.6) is 0 Å². The highest BCUT2D eigenvalue weighted by Gasteiger charge is 2.71. The minimum absolute atomic E-state index is 0.765. The Labute approximate surface area is 82.4 Å². The number of hydrogen-bond donors (Lipinski definition) is 2. The zero-order chi connectivity index (χ0) is 11.9. The molecule has 1 heterocycles. The van der Waals surface area contributed by atoms with Gasteiger partial charge in [0.25, 0.3) is 0 Å². The predicted octanol–water partition coefficient (Wildman–Crippen LogP) is -0.0185. The predicted molar refractivity (Wildman–Crippen MR) is 38.7 cm³/mol. The van der Waals surface area contributed by atoms with Crippen LogP contribution in [-0.4, -0.2) is 54.3 Å². The van der Waals surface area contributed by atoms with Gasteiger partial charge < -0.3 is 19.7 Å². The summed E-state index contributed by atoms with van der Waals surface area (Å²) in [6, 6.07) is 0. The molecule has 8 heteroatoms. The van der Waals surface area contributed by atoms with Crippen LogP contribution in [0, 0.1) is 0 Å². The van der Waals surface area contributed by atoms with Gasteiger partial charge in [-0.05, 0) is 0 Å². The first-order valence-corrected chi connectivity index (χ1v) is 4.01. The maximum atomic E-state index is 13.0. The zero-order valence-corrected chi connectivity index (χ0v) is 7.66. The van der Waals surface area contributed by atoms with Crippen molar-refractivity contribution < 1.29 is 37.2 Å². The largest absolute Gasteiger partial charge is 0.394 e. The molecule has 1 aliphatic rings. The quantitative estimate of drug-likeness (QED) is 0.659. The molecule has 1 saturated heterocycles. The van der Waals surface area contributed by atoms with Crippen LogP contribution < -0.4 is 0 Å². The number of aliphatic hydroxyl groups excluding tert-OH is 2. The number of rotatable bonds is 2. The molecule has 0 bridgehead atoms. The van der Waals surface area contributed by atoms with Gasteiger partial charge in [0.15, 0.2) is 6.10 Å². The molecule has 90 valence electrons. The van der Waals surface area contributed by atoms with Gasteiger partial charge in [0.05, 0.1) is 6.61 Å². The fourth-order valence-electron chi connectivity index (χ4n) is 1.25. The average Bonchev–Trinajstić information content (AvgIpc) is 2.16. The van der Waals surface area contributed by atoms with Crippen LogP contribution in [0.2, 0.25) is 0 Å². The maximum Gasteiger partial charge on any atom is 0.362 e. The van der Waals surface area contributed by atoms with Crippen molar-refractivity contribution in [3.8, 4) is 0 Å². The van der Waals surface area contributed by atoms with E-state index in [9.17, 15) is 17.6 Å². The second-order valence-corrected chi connectivity index (χ2v) is 3.12. The summed E-state index contributed by atoms with van der Waals surface area (Å²) in [6.45, 7) is -1.01. The Morgan fingerprint density at radius 3 is 2.20 bits per heavy atom. The van der Waals surface area contributed by atoms with Crippen molar-refractivity contribution in [3.05, 3.63) is 0 Å². The van der Waals surface area contributed by atoms with Gasteiger partial charge in [0.2, 0.25) is 6.29 Å². The smallest absolute Gasteiger partial charge is 0.362 e. The molecule has 0 saturated carbocycles. The number of ether oxygens (including phenoxy) is 2. The van der Waals surface area contributed by atoms with Crippen LogP contribution in [-0.2, 0) is 9.47 Å². The summed E-state index contributed by atoms with van der Waals surface area (Å²) in [7, 11) is 0.765. The second kappa shape index (κ2) is 3.85. The lowest BCUT2D eigenvalue weighted by Gasteiger charge is -2.42. The van der Waals surface area contributed by atoms with Crippen molar-refractivity contribution in [1.29, 1.82) is 0 Å². The van der Waals surface area contributed by atoms with Crippen molar-refractivity contribution in [2.24, 2.45) is 0 Å². The third kappa shape index (κ3) is 1.71. The Bertz CT molecular complexity index is 235. The first-order chi connectivity index (χ1) is 6.79. The van der Waals surface area contributed by atoms with E-state index in [0.29, 0.717) is 0 Å². The molecule has 0 aliphatic carbocycles. The molecule has 15 heavy (non-hydrogen) atoms. The number of methoxy groups -OCH3 is 1. The summed E-state index contributed by atoms with van der Waals surface area (Å²) in [4.78, 5) is 0. The van der Waals surface area contributed by atoms with Crippen LogP contribution in [0.4, 0.5) is 17.6 Å². The van der Waals surface area contributed by atoms with Crippen molar-refractivity contribution in [2.45, 2.75) is 30.3 Å². The van der Waals surface area contributed by atoms with E-state index in [2.05, 4.69) is 9.47 Å². The van der Waals surface area contributed by atoms with E-state index >= 15 is 0 Å². The summed E-state index contributed by atoms with van der Waals surface area (Å²) in [6.07, 6.45) is -7.07. The maximum absolute atomic E-state index is 13.0. The molecule has 0 unspecified atom stereocenters. The number of halogens is 4. The molecule has 1 fully saturated rings. The monoisotopic (exact) mass is 234 g/mol. The molecule has 1 aliphatic heterocycles. The van der Waals surface area contributed by atoms with E-state index in [1.807, 2.05) is 0 Å². The summed E-state index contributed by atoms with van der Waals surface area (Å²) in [5, 5.41) is 17.4. The van der Waals surface area contributed by atoms with Gasteiger partial charge in [-0.2, -0.15) is 17.6 Å². The molecule has 3 atom stereocenters. The number of alkyl halides is 4. The lowest BCUT2D eigenvalue weighted by atomic mass is 9.97. The third-order valence-electron chi connectivity index (χ3n) is 2.16. The number of aliphatic hydroxyl groups is 2.